The lowest BCUT2D eigenvalue weighted by Crippen LogP contribution is -2.31. The highest BCUT2D eigenvalue weighted by atomic mass is 35.5. The van der Waals surface area contributed by atoms with E-state index in [1.165, 1.54) is 0 Å². The summed E-state index contributed by atoms with van der Waals surface area (Å²) < 4.78 is 30.7. The smallest absolute Gasteiger partial charge is 0.266 e. The summed E-state index contributed by atoms with van der Waals surface area (Å²) in [6, 6.07) is 6.32. The van der Waals surface area contributed by atoms with Gasteiger partial charge in [0.05, 0.1) is 28.3 Å². The average molecular weight is 432 g/mol. The van der Waals surface area contributed by atoms with Gasteiger partial charge in [0.15, 0.2) is 15.9 Å². The first-order valence-electron chi connectivity index (χ1n) is 8.34. The number of anilines is 1. The fraction of sp³-hybridized carbons (Fsp3) is 0.412. The van der Waals surface area contributed by atoms with E-state index in [1.54, 1.807) is 42.8 Å². The maximum Gasteiger partial charge on any atom is 0.266 e. The minimum Gasteiger partial charge on any atom is -0.479 e. The van der Waals surface area contributed by atoms with Crippen LogP contribution in [0.1, 0.15) is 25.1 Å². The molecule has 27 heavy (non-hydrogen) atoms. The van der Waals surface area contributed by atoms with Crippen molar-refractivity contribution >= 4 is 44.8 Å². The number of amides is 1. The summed E-state index contributed by atoms with van der Waals surface area (Å²) in [5.41, 5.74) is 0.682. The molecule has 1 aliphatic heterocycles. The van der Waals surface area contributed by atoms with Crippen LogP contribution in [0.15, 0.2) is 24.3 Å². The van der Waals surface area contributed by atoms with E-state index in [4.69, 9.17) is 27.9 Å². The zero-order valence-corrected chi connectivity index (χ0v) is 17.1. The highest BCUT2D eigenvalue weighted by molar-refractivity contribution is 7.91. The molecule has 2 atom stereocenters. The molecule has 0 saturated carbocycles. The van der Waals surface area contributed by atoms with Crippen LogP contribution in [0.25, 0.3) is 0 Å². The van der Waals surface area contributed by atoms with Crippen LogP contribution in [0.5, 0.6) is 5.75 Å². The molecule has 2 heterocycles. The van der Waals surface area contributed by atoms with E-state index >= 15 is 0 Å². The van der Waals surface area contributed by atoms with Gasteiger partial charge < -0.3 is 10.1 Å². The summed E-state index contributed by atoms with van der Waals surface area (Å²) in [5.74, 6) is 0.469. The molecular weight excluding hydrogens is 413 g/mol. The van der Waals surface area contributed by atoms with Crippen LogP contribution in [0, 0.1) is 6.92 Å². The van der Waals surface area contributed by atoms with Crippen LogP contribution in [-0.2, 0) is 14.6 Å². The molecule has 146 valence electrons. The summed E-state index contributed by atoms with van der Waals surface area (Å²) in [4.78, 5) is 12.5. The molecule has 2 unspecified atom stereocenters. The number of rotatable bonds is 5. The van der Waals surface area contributed by atoms with Crippen LogP contribution in [0.3, 0.4) is 0 Å². The Morgan fingerprint density at radius 2 is 2.15 bits per heavy atom. The molecule has 0 spiro atoms. The Bertz CT molecular complexity index is 975. The van der Waals surface area contributed by atoms with Crippen LogP contribution < -0.4 is 10.1 Å². The number of ether oxygens (including phenoxy) is 1. The van der Waals surface area contributed by atoms with Gasteiger partial charge in [-0.25, -0.2) is 13.1 Å². The number of carbonyl (C=O) groups excluding carboxylic acids is 1. The van der Waals surface area contributed by atoms with E-state index < -0.39 is 21.8 Å². The summed E-state index contributed by atoms with van der Waals surface area (Å²) in [6.07, 6.45) is -0.381. The number of hydrogen-bond acceptors (Lipinski definition) is 5. The molecule has 0 aliphatic carbocycles. The number of aryl methyl sites for hydroxylation is 1. The van der Waals surface area contributed by atoms with Crippen molar-refractivity contribution in [2.45, 2.75) is 32.4 Å². The van der Waals surface area contributed by atoms with Crippen molar-refractivity contribution in [2.24, 2.45) is 0 Å². The lowest BCUT2D eigenvalue weighted by Gasteiger charge is -2.18. The van der Waals surface area contributed by atoms with E-state index in [2.05, 4.69) is 10.4 Å². The van der Waals surface area contributed by atoms with Gasteiger partial charge in [-0.3, -0.25) is 4.79 Å². The van der Waals surface area contributed by atoms with Crippen molar-refractivity contribution in [2.75, 3.05) is 16.8 Å². The maximum atomic E-state index is 12.5. The van der Waals surface area contributed by atoms with E-state index in [9.17, 15) is 13.2 Å². The van der Waals surface area contributed by atoms with Gasteiger partial charge in [-0.05, 0) is 32.4 Å². The Kier molecular flexibility index (Phi) is 5.69. The minimum atomic E-state index is -3.07. The molecule has 10 heteroatoms. The molecule has 1 N–H and O–H groups in total. The summed E-state index contributed by atoms with van der Waals surface area (Å²) in [6.45, 7) is 3.36. The largest absolute Gasteiger partial charge is 0.479 e. The van der Waals surface area contributed by atoms with Gasteiger partial charge in [0.25, 0.3) is 5.91 Å². The minimum absolute atomic E-state index is 0.0150. The van der Waals surface area contributed by atoms with Crippen LogP contribution in [0.4, 0.5) is 5.82 Å². The molecule has 1 fully saturated rings. The molecule has 0 bridgehead atoms. The van der Waals surface area contributed by atoms with Gasteiger partial charge in [-0.1, -0.05) is 29.3 Å². The second-order valence-electron chi connectivity index (χ2n) is 6.47. The third kappa shape index (κ3) is 4.56. The number of sulfone groups is 1. The highest BCUT2D eigenvalue weighted by Crippen LogP contribution is 2.32. The Morgan fingerprint density at radius 1 is 1.41 bits per heavy atom. The molecule has 1 aromatic carbocycles. The predicted octanol–water partition coefficient (Wildman–Crippen LogP) is 3.26. The van der Waals surface area contributed by atoms with Gasteiger partial charge in [0.2, 0.25) is 0 Å². The first-order chi connectivity index (χ1) is 12.7. The number of aromatic nitrogens is 2. The third-order valence-electron chi connectivity index (χ3n) is 4.25. The fourth-order valence-electron chi connectivity index (χ4n) is 2.90. The molecule has 3 rings (SSSR count). The normalized spacial score (nSPS) is 19.6. The second kappa shape index (κ2) is 7.69. The standard InChI is InChI=1S/C17H19Cl2N3O4S/c1-10-8-15(22(21-10)12-6-7-27(24,25)9-12)20-17(23)11(2)26-14-5-3-4-13(18)16(14)19/h3-5,8,11-12H,6-7,9H2,1-2H3,(H,20,23). The second-order valence-corrected chi connectivity index (χ2v) is 9.49. The molecule has 0 radical (unpaired) electrons. The van der Waals surface area contributed by atoms with Crippen LogP contribution in [0.2, 0.25) is 10.0 Å². The van der Waals surface area contributed by atoms with E-state index in [0.29, 0.717) is 28.7 Å². The number of nitrogens with zero attached hydrogens (tertiary/aromatic N) is 2. The number of benzene rings is 1. The first-order valence-corrected chi connectivity index (χ1v) is 10.9. The van der Waals surface area contributed by atoms with Crippen LogP contribution in [-0.4, -0.2) is 41.7 Å². The summed E-state index contributed by atoms with van der Waals surface area (Å²) in [7, 11) is -3.07. The topological polar surface area (TPSA) is 90.3 Å². The molecule has 1 saturated heterocycles. The van der Waals surface area contributed by atoms with Crippen molar-refractivity contribution in [1.82, 2.24) is 9.78 Å². The highest BCUT2D eigenvalue weighted by Gasteiger charge is 2.31. The summed E-state index contributed by atoms with van der Waals surface area (Å²) in [5, 5.41) is 7.66. The van der Waals surface area contributed by atoms with Gasteiger partial charge in [-0.2, -0.15) is 5.10 Å². The molecule has 1 aromatic heterocycles. The first kappa shape index (κ1) is 20.0. The van der Waals surface area contributed by atoms with Crippen molar-refractivity contribution < 1.29 is 17.9 Å². The van der Waals surface area contributed by atoms with Crippen molar-refractivity contribution in [3.8, 4) is 5.75 Å². The molecule has 1 amide bonds. The van der Waals surface area contributed by atoms with E-state index in [1.807, 2.05) is 0 Å². The predicted molar refractivity (Wildman–Crippen MR) is 104 cm³/mol. The summed E-state index contributed by atoms with van der Waals surface area (Å²) >= 11 is 12.0. The molecule has 7 nitrogen and oxygen atoms in total. The van der Waals surface area contributed by atoms with Gasteiger partial charge in [-0.15, -0.1) is 0 Å². The van der Waals surface area contributed by atoms with Crippen LogP contribution >= 0.6 is 23.2 Å². The zero-order chi connectivity index (χ0) is 19.8. The number of carbonyl (C=O) groups is 1. The van der Waals surface area contributed by atoms with Crippen molar-refractivity contribution in [3.63, 3.8) is 0 Å². The quantitative estimate of drug-likeness (QED) is 0.784. The Labute approximate surface area is 167 Å². The average Bonchev–Trinajstić information content (AvgIpc) is 3.13. The van der Waals surface area contributed by atoms with Crippen molar-refractivity contribution in [3.05, 3.63) is 40.0 Å². The lowest BCUT2D eigenvalue weighted by atomic mass is 10.2. The maximum absolute atomic E-state index is 12.5. The van der Waals surface area contributed by atoms with Gasteiger partial charge in [0.1, 0.15) is 16.6 Å². The molecular formula is C17H19Cl2N3O4S. The zero-order valence-electron chi connectivity index (χ0n) is 14.8. The Hall–Kier alpha value is -1.77. The van der Waals surface area contributed by atoms with Crippen molar-refractivity contribution in [1.29, 1.82) is 0 Å². The lowest BCUT2D eigenvalue weighted by molar-refractivity contribution is -0.122. The monoisotopic (exact) mass is 431 g/mol. The number of hydrogen-bond donors (Lipinski definition) is 1. The Balaban J connectivity index is 1.73. The third-order valence-corrected chi connectivity index (χ3v) is 6.80. The van der Waals surface area contributed by atoms with E-state index in [-0.39, 0.29) is 22.6 Å². The fourth-order valence-corrected chi connectivity index (χ4v) is 4.93. The number of nitrogens with one attached hydrogen (secondary N) is 1. The Morgan fingerprint density at radius 3 is 2.81 bits per heavy atom. The SMILES string of the molecule is Cc1cc(NC(=O)C(C)Oc2cccc(Cl)c2Cl)n(C2CCS(=O)(=O)C2)n1. The number of halogens is 2. The molecule has 1 aliphatic rings. The van der Waals surface area contributed by atoms with Gasteiger partial charge in [0, 0.05) is 6.07 Å². The van der Waals surface area contributed by atoms with E-state index in [0.717, 1.165) is 0 Å². The molecule has 2 aromatic rings. The van der Waals surface area contributed by atoms with Gasteiger partial charge >= 0.3 is 0 Å².